The number of anilines is 1. The summed E-state index contributed by atoms with van der Waals surface area (Å²) in [6.45, 7) is 17.7. The van der Waals surface area contributed by atoms with Gasteiger partial charge in [0.2, 0.25) is 0 Å². The fourth-order valence-electron chi connectivity index (χ4n) is 2.73. The van der Waals surface area contributed by atoms with Gasteiger partial charge in [0.05, 0.1) is 6.61 Å². The largest absolute Gasteiger partial charge is 0.488 e. The molecule has 0 aliphatic rings. The van der Waals surface area contributed by atoms with Gasteiger partial charge >= 0.3 is 0 Å². The summed E-state index contributed by atoms with van der Waals surface area (Å²) in [5, 5.41) is 3.74. The quantitative estimate of drug-likeness (QED) is 0.426. The molecule has 0 fully saturated rings. The highest BCUT2D eigenvalue weighted by atomic mass is 28.4. The van der Waals surface area contributed by atoms with Crippen LogP contribution in [0.4, 0.5) is 5.69 Å². The molecule has 4 heteroatoms. The lowest BCUT2D eigenvalue weighted by Crippen LogP contribution is -2.41. The van der Waals surface area contributed by atoms with Gasteiger partial charge in [0.15, 0.2) is 8.32 Å². The Morgan fingerprint density at radius 1 is 0.963 bits per heavy atom. The summed E-state index contributed by atoms with van der Waals surface area (Å²) >= 11 is 0. The van der Waals surface area contributed by atoms with Crippen molar-refractivity contribution in [1.82, 2.24) is 0 Å². The molecule has 0 heterocycles. The molecule has 27 heavy (non-hydrogen) atoms. The lowest BCUT2D eigenvalue weighted by atomic mass is 10.1. The molecule has 2 aromatic rings. The molecular weight excluding hydrogens is 350 g/mol. The Kier molecular flexibility index (Phi) is 7.12. The van der Waals surface area contributed by atoms with Gasteiger partial charge in [-0.15, -0.1) is 0 Å². The van der Waals surface area contributed by atoms with E-state index in [2.05, 4.69) is 77.3 Å². The van der Waals surface area contributed by atoms with E-state index in [9.17, 15) is 0 Å². The highest BCUT2D eigenvalue weighted by molar-refractivity contribution is 6.74. The predicted molar refractivity (Wildman–Crippen MR) is 118 cm³/mol. The van der Waals surface area contributed by atoms with E-state index in [1.165, 1.54) is 5.56 Å². The Balaban J connectivity index is 1.90. The van der Waals surface area contributed by atoms with Crippen molar-refractivity contribution >= 4 is 14.0 Å². The molecule has 0 saturated carbocycles. The average Bonchev–Trinajstić information content (AvgIpc) is 2.58. The van der Waals surface area contributed by atoms with Gasteiger partial charge in [-0.2, -0.15) is 0 Å². The van der Waals surface area contributed by atoms with Crippen LogP contribution in [-0.4, -0.2) is 21.5 Å². The van der Waals surface area contributed by atoms with E-state index in [4.69, 9.17) is 9.16 Å². The van der Waals surface area contributed by atoms with Gasteiger partial charge in [-0.3, -0.25) is 0 Å². The Hall–Kier alpha value is -1.78. The van der Waals surface area contributed by atoms with Gasteiger partial charge < -0.3 is 14.5 Å². The van der Waals surface area contributed by atoms with Crippen molar-refractivity contribution in [1.29, 1.82) is 0 Å². The minimum absolute atomic E-state index is 0.248. The second-order valence-corrected chi connectivity index (χ2v) is 13.6. The van der Waals surface area contributed by atoms with Gasteiger partial charge in [0, 0.05) is 12.2 Å². The molecule has 1 N–H and O–H groups in total. The van der Waals surface area contributed by atoms with Crippen LogP contribution in [0.1, 0.15) is 37.5 Å². The fourth-order valence-corrected chi connectivity index (χ4v) is 3.77. The first-order valence-corrected chi connectivity index (χ1v) is 12.7. The number of hydrogen-bond donors (Lipinski definition) is 1. The number of rotatable bonds is 8. The second kappa shape index (κ2) is 8.94. The van der Waals surface area contributed by atoms with Gasteiger partial charge in [0.1, 0.15) is 12.4 Å². The van der Waals surface area contributed by atoms with Crippen LogP contribution < -0.4 is 10.1 Å². The van der Waals surface area contributed by atoms with Crippen molar-refractivity contribution < 1.29 is 9.16 Å². The number of benzene rings is 2. The maximum absolute atomic E-state index is 6.24. The SMILES string of the molecule is Cc1cc(NCCO[Si](C)(C)C(C)(C)C)cc(C)c1OCc1ccccc1. The monoisotopic (exact) mass is 385 g/mol. The predicted octanol–water partition coefficient (Wildman–Crippen LogP) is 6.32. The minimum atomic E-state index is -1.68. The van der Waals surface area contributed by atoms with E-state index < -0.39 is 8.32 Å². The summed E-state index contributed by atoms with van der Waals surface area (Å²) in [5.74, 6) is 0.974. The van der Waals surface area contributed by atoms with E-state index in [0.717, 1.165) is 35.7 Å². The van der Waals surface area contributed by atoms with E-state index in [-0.39, 0.29) is 5.04 Å². The molecule has 0 spiro atoms. The Morgan fingerprint density at radius 2 is 1.56 bits per heavy atom. The summed E-state index contributed by atoms with van der Waals surface area (Å²) in [4.78, 5) is 0. The molecule has 0 aliphatic carbocycles. The lowest BCUT2D eigenvalue weighted by Gasteiger charge is -2.36. The van der Waals surface area contributed by atoms with E-state index in [1.807, 2.05) is 18.2 Å². The smallest absolute Gasteiger partial charge is 0.192 e. The maximum atomic E-state index is 6.24. The third-order valence-electron chi connectivity index (χ3n) is 5.39. The van der Waals surface area contributed by atoms with Crippen molar-refractivity contribution in [2.45, 2.75) is 59.4 Å². The molecular formula is C23H35NO2Si. The standard InChI is InChI=1S/C23H35NO2Si/c1-18-15-21(24-13-14-26-27(6,7)23(3,4)5)16-19(2)22(18)25-17-20-11-9-8-10-12-20/h8-12,15-16,24H,13-14,17H2,1-7H3. The minimum Gasteiger partial charge on any atom is -0.488 e. The summed E-state index contributed by atoms with van der Waals surface area (Å²) in [5.41, 5.74) is 4.61. The molecule has 0 unspecified atom stereocenters. The average molecular weight is 386 g/mol. The van der Waals surface area contributed by atoms with Crippen LogP contribution in [0.3, 0.4) is 0 Å². The number of nitrogens with one attached hydrogen (secondary N) is 1. The van der Waals surface area contributed by atoms with Crippen LogP contribution in [0, 0.1) is 13.8 Å². The fraction of sp³-hybridized carbons (Fsp3) is 0.478. The van der Waals surface area contributed by atoms with Crippen molar-refractivity contribution in [3.63, 3.8) is 0 Å². The Morgan fingerprint density at radius 3 is 2.11 bits per heavy atom. The highest BCUT2D eigenvalue weighted by Gasteiger charge is 2.36. The van der Waals surface area contributed by atoms with Crippen LogP contribution in [0.2, 0.25) is 18.1 Å². The molecule has 2 aromatic carbocycles. The molecule has 0 aromatic heterocycles. The van der Waals surface area contributed by atoms with Gasteiger partial charge in [-0.25, -0.2) is 0 Å². The van der Waals surface area contributed by atoms with Crippen LogP contribution in [0.5, 0.6) is 5.75 Å². The molecule has 2 rings (SSSR count). The molecule has 3 nitrogen and oxygen atoms in total. The molecule has 0 atom stereocenters. The zero-order valence-corrected chi connectivity index (χ0v) is 19.0. The summed E-state index contributed by atoms with van der Waals surface area (Å²) in [6.07, 6.45) is 0. The number of ether oxygens (including phenoxy) is 1. The first-order valence-electron chi connectivity index (χ1n) is 9.76. The van der Waals surface area contributed by atoms with Crippen LogP contribution >= 0.6 is 0 Å². The molecule has 0 bridgehead atoms. The van der Waals surface area contributed by atoms with E-state index in [0.29, 0.717) is 6.61 Å². The third kappa shape index (κ3) is 6.11. The van der Waals surface area contributed by atoms with Crippen molar-refractivity contribution in [2.24, 2.45) is 0 Å². The number of aryl methyl sites for hydroxylation is 2. The van der Waals surface area contributed by atoms with Crippen molar-refractivity contribution in [3.05, 3.63) is 59.2 Å². The van der Waals surface area contributed by atoms with Gasteiger partial charge in [0.25, 0.3) is 0 Å². The first-order chi connectivity index (χ1) is 12.6. The highest BCUT2D eigenvalue weighted by Crippen LogP contribution is 2.36. The zero-order chi connectivity index (χ0) is 20.1. The topological polar surface area (TPSA) is 30.5 Å². The van der Waals surface area contributed by atoms with Crippen LogP contribution in [0.15, 0.2) is 42.5 Å². The van der Waals surface area contributed by atoms with Crippen molar-refractivity contribution in [2.75, 3.05) is 18.5 Å². The third-order valence-corrected chi connectivity index (χ3v) is 9.92. The molecule has 0 amide bonds. The maximum Gasteiger partial charge on any atom is 0.192 e. The van der Waals surface area contributed by atoms with E-state index in [1.54, 1.807) is 0 Å². The van der Waals surface area contributed by atoms with Gasteiger partial charge in [-0.05, 0) is 60.8 Å². The zero-order valence-electron chi connectivity index (χ0n) is 18.0. The molecule has 148 valence electrons. The molecule has 0 radical (unpaired) electrons. The van der Waals surface area contributed by atoms with Crippen molar-refractivity contribution in [3.8, 4) is 5.75 Å². The van der Waals surface area contributed by atoms with Gasteiger partial charge in [-0.1, -0.05) is 51.1 Å². The Bertz CT molecular complexity index is 713. The summed E-state index contributed by atoms with van der Waals surface area (Å²) < 4.78 is 12.3. The second-order valence-electron chi connectivity index (χ2n) is 8.75. The number of hydrogen-bond acceptors (Lipinski definition) is 3. The Labute approximate surface area is 166 Å². The van der Waals surface area contributed by atoms with E-state index >= 15 is 0 Å². The normalized spacial score (nSPS) is 12.1. The summed E-state index contributed by atoms with van der Waals surface area (Å²) in [6, 6.07) is 14.6. The lowest BCUT2D eigenvalue weighted by molar-refractivity contribution is 0.301. The molecule has 0 saturated heterocycles. The first kappa shape index (κ1) is 21.5. The van der Waals surface area contributed by atoms with Crippen LogP contribution in [-0.2, 0) is 11.0 Å². The molecule has 0 aliphatic heterocycles. The van der Waals surface area contributed by atoms with Crippen LogP contribution in [0.25, 0.3) is 0 Å². The summed E-state index contributed by atoms with van der Waals surface area (Å²) in [7, 11) is -1.68.